The highest BCUT2D eigenvalue weighted by Gasteiger charge is 2.28. The highest BCUT2D eigenvalue weighted by molar-refractivity contribution is 7.92. The molecular weight excluding hydrogens is 210 g/mol. The number of rotatable bonds is 5. The summed E-state index contributed by atoms with van der Waals surface area (Å²) in [4.78, 5) is 0. The van der Waals surface area contributed by atoms with E-state index in [4.69, 9.17) is 0 Å². The van der Waals surface area contributed by atoms with Gasteiger partial charge in [-0.2, -0.15) is 0 Å². The molecule has 0 bridgehead atoms. The molecular formula is C11H23NO2S. The van der Waals surface area contributed by atoms with E-state index in [2.05, 4.69) is 12.2 Å². The van der Waals surface area contributed by atoms with Gasteiger partial charge in [0.15, 0.2) is 9.84 Å². The molecule has 0 aromatic rings. The van der Waals surface area contributed by atoms with Crippen LogP contribution in [0.5, 0.6) is 0 Å². The van der Waals surface area contributed by atoms with Crippen LogP contribution in [0.15, 0.2) is 0 Å². The van der Waals surface area contributed by atoms with Crippen LogP contribution in [0.25, 0.3) is 0 Å². The number of hydrogen-bond donors (Lipinski definition) is 1. The lowest BCUT2D eigenvalue weighted by atomic mass is 10.0. The molecule has 1 aliphatic carbocycles. The Kier molecular flexibility index (Phi) is 4.18. The molecule has 1 N–H and O–H groups in total. The van der Waals surface area contributed by atoms with Crippen LogP contribution in [0.3, 0.4) is 0 Å². The first-order valence-corrected chi connectivity index (χ1v) is 7.54. The van der Waals surface area contributed by atoms with Gasteiger partial charge in [0.05, 0.1) is 11.0 Å². The molecule has 0 spiro atoms. The van der Waals surface area contributed by atoms with E-state index in [0.29, 0.717) is 6.54 Å². The zero-order valence-corrected chi connectivity index (χ0v) is 10.9. The minimum atomic E-state index is -2.88. The summed E-state index contributed by atoms with van der Waals surface area (Å²) in [5, 5.41) is 3.14. The Morgan fingerprint density at radius 2 is 1.80 bits per heavy atom. The van der Waals surface area contributed by atoms with Crippen LogP contribution in [0, 0.1) is 0 Å². The zero-order valence-electron chi connectivity index (χ0n) is 10.0. The lowest BCUT2D eigenvalue weighted by Crippen LogP contribution is -2.42. The van der Waals surface area contributed by atoms with Gasteiger partial charge < -0.3 is 5.32 Å². The number of nitrogens with one attached hydrogen (secondary N) is 1. The van der Waals surface area contributed by atoms with Crippen molar-refractivity contribution < 1.29 is 8.42 Å². The second-order valence-electron chi connectivity index (χ2n) is 5.11. The minimum Gasteiger partial charge on any atom is -0.311 e. The van der Waals surface area contributed by atoms with Gasteiger partial charge >= 0.3 is 0 Å². The monoisotopic (exact) mass is 233 g/mol. The van der Waals surface area contributed by atoms with Crippen LogP contribution >= 0.6 is 0 Å². The summed E-state index contributed by atoms with van der Waals surface area (Å²) >= 11 is 0. The molecule has 0 aliphatic heterocycles. The van der Waals surface area contributed by atoms with Crippen molar-refractivity contribution in [3.8, 4) is 0 Å². The van der Waals surface area contributed by atoms with Crippen molar-refractivity contribution in [2.45, 2.75) is 57.2 Å². The fourth-order valence-electron chi connectivity index (χ4n) is 2.06. The Bertz CT molecular complexity index is 290. The highest BCUT2D eigenvalue weighted by atomic mass is 32.2. The maximum Gasteiger partial charge on any atom is 0.153 e. The SMILES string of the molecule is CC(C)S(=O)(=O)CCNC1(C)CCCC1. The molecule has 0 aromatic heterocycles. The molecule has 0 amide bonds. The molecule has 0 aromatic carbocycles. The summed E-state index contributed by atoms with van der Waals surface area (Å²) in [6, 6.07) is 0. The van der Waals surface area contributed by atoms with Gasteiger partial charge in [-0.1, -0.05) is 12.8 Å². The standard InChI is InChI=1S/C11H23NO2S/c1-10(2)15(13,14)9-8-12-11(3)6-4-5-7-11/h10,12H,4-9H2,1-3H3. The molecule has 90 valence electrons. The van der Waals surface area contributed by atoms with E-state index < -0.39 is 9.84 Å². The first-order chi connectivity index (χ1) is 6.86. The molecule has 3 nitrogen and oxygen atoms in total. The largest absolute Gasteiger partial charge is 0.311 e. The van der Waals surface area contributed by atoms with Crippen LogP contribution in [0.4, 0.5) is 0 Å². The Morgan fingerprint density at radius 1 is 1.27 bits per heavy atom. The van der Waals surface area contributed by atoms with Gasteiger partial charge in [0.25, 0.3) is 0 Å². The van der Waals surface area contributed by atoms with Crippen molar-refractivity contribution in [2.75, 3.05) is 12.3 Å². The molecule has 0 atom stereocenters. The van der Waals surface area contributed by atoms with E-state index >= 15 is 0 Å². The van der Waals surface area contributed by atoms with Crippen molar-refractivity contribution in [3.63, 3.8) is 0 Å². The van der Waals surface area contributed by atoms with Crippen LogP contribution in [-0.2, 0) is 9.84 Å². The first-order valence-electron chi connectivity index (χ1n) is 5.82. The molecule has 0 heterocycles. The molecule has 15 heavy (non-hydrogen) atoms. The maximum absolute atomic E-state index is 11.6. The summed E-state index contributed by atoms with van der Waals surface area (Å²) in [6.07, 6.45) is 4.88. The van der Waals surface area contributed by atoms with Crippen molar-refractivity contribution >= 4 is 9.84 Å². The second-order valence-corrected chi connectivity index (χ2v) is 7.79. The van der Waals surface area contributed by atoms with Crippen LogP contribution < -0.4 is 5.32 Å². The topological polar surface area (TPSA) is 46.2 Å². The van der Waals surface area contributed by atoms with Crippen LogP contribution in [0.1, 0.15) is 46.5 Å². The second kappa shape index (κ2) is 4.83. The molecule has 1 fully saturated rings. The van der Waals surface area contributed by atoms with Crippen molar-refractivity contribution in [1.29, 1.82) is 0 Å². The molecule has 0 saturated heterocycles. The minimum absolute atomic E-state index is 0.187. The van der Waals surface area contributed by atoms with Gasteiger partial charge in [-0.15, -0.1) is 0 Å². The number of sulfone groups is 1. The Balaban J connectivity index is 2.33. The normalized spacial score (nSPS) is 21.1. The summed E-state index contributed by atoms with van der Waals surface area (Å²) in [5.74, 6) is 0.264. The molecule has 1 saturated carbocycles. The predicted molar refractivity (Wildman–Crippen MR) is 63.8 cm³/mol. The summed E-state index contributed by atoms with van der Waals surface area (Å²) in [5.41, 5.74) is 0.187. The fraction of sp³-hybridized carbons (Fsp3) is 1.00. The van der Waals surface area contributed by atoms with Crippen LogP contribution in [0.2, 0.25) is 0 Å². The molecule has 0 radical (unpaired) electrons. The van der Waals surface area contributed by atoms with Crippen molar-refractivity contribution in [3.05, 3.63) is 0 Å². The molecule has 0 unspecified atom stereocenters. The summed E-state index contributed by atoms with van der Waals surface area (Å²) in [7, 11) is -2.88. The third kappa shape index (κ3) is 3.76. The van der Waals surface area contributed by atoms with E-state index in [1.165, 1.54) is 25.7 Å². The zero-order chi connectivity index (χ0) is 11.5. The number of hydrogen-bond acceptors (Lipinski definition) is 3. The third-order valence-corrected chi connectivity index (χ3v) is 5.57. The molecule has 4 heteroatoms. The van der Waals surface area contributed by atoms with Crippen LogP contribution in [-0.4, -0.2) is 31.5 Å². The first kappa shape index (κ1) is 13.0. The average molecular weight is 233 g/mol. The van der Waals surface area contributed by atoms with E-state index in [9.17, 15) is 8.42 Å². The lowest BCUT2D eigenvalue weighted by Gasteiger charge is -2.25. The predicted octanol–water partition coefficient (Wildman–Crippen LogP) is 1.73. The fourth-order valence-corrected chi connectivity index (χ4v) is 2.92. The molecule has 1 aliphatic rings. The van der Waals surface area contributed by atoms with E-state index in [0.717, 1.165) is 0 Å². The van der Waals surface area contributed by atoms with E-state index in [1.54, 1.807) is 13.8 Å². The maximum atomic E-state index is 11.6. The summed E-state index contributed by atoms with van der Waals surface area (Å²) < 4.78 is 23.1. The van der Waals surface area contributed by atoms with Gasteiger partial charge in [0.2, 0.25) is 0 Å². The Morgan fingerprint density at radius 3 is 2.27 bits per heavy atom. The Hall–Kier alpha value is -0.0900. The van der Waals surface area contributed by atoms with Gasteiger partial charge in [0, 0.05) is 12.1 Å². The quantitative estimate of drug-likeness (QED) is 0.786. The highest BCUT2D eigenvalue weighted by Crippen LogP contribution is 2.28. The molecule has 1 rings (SSSR count). The van der Waals surface area contributed by atoms with Crippen molar-refractivity contribution in [1.82, 2.24) is 5.32 Å². The van der Waals surface area contributed by atoms with Gasteiger partial charge in [-0.05, 0) is 33.6 Å². The van der Waals surface area contributed by atoms with Gasteiger partial charge in [-0.3, -0.25) is 0 Å². The van der Waals surface area contributed by atoms with Gasteiger partial charge in [-0.25, -0.2) is 8.42 Å². The smallest absolute Gasteiger partial charge is 0.153 e. The Labute approximate surface area is 93.6 Å². The van der Waals surface area contributed by atoms with Gasteiger partial charge in [0.1, 0.15) is 0 Å². The third-order valence-electron chi connectivity index (χ3n) is 3.36. The summed E-state index contributed by atoms with van der Waals surface area (Å²) in [6.45, 7) is 6.28. The average Bonchev–Trinajstić information content (AvgIpc) is 2.51. The van der Waals surface area contributed by atoms with E-state index in [1.807, 2.05) is 0 Å². The van der Waals surface area contributed by atoms with E-state index in [-0.39, 0.29) is 16.5 Å². The van der Waals surface area contributed by atoms with Crippen molar-refractivity contribution in [2.24, 2.45) is 0 Å². The lowest BCUT2D eigenvalue weighted by molar-refractivity contribution is 0.374.